The van der Waals surface area contributed by atoms with Gasteiger partial charge in [0.05, 0.1) is 20.1 Å². The molecule has 4 rings (SSSR count). The van der Waals surface area contributed by atoms with E-state index >= 15 is 0 Å². The zero-order valence-electron chi connectivity index (χ0n) is 19.7. The van der Waals surface area contributed by atoms with Crippen LogP contribution in [0.25, 0.3) is 0 Å². The Bertz CT molecular complexity index is 821. The molecular weight excluding hydrogens is 406 g/mol. The van der Waals surface area contributed by atoms with Crippen LogP contribution in [0.4, 0.5) is 5.69 Å². The second-order valence-electron chi connectivity index (χ2n) is 9.72. The Hall–Kier alpha value is -2.28. The monoisotopic (exact) mass is 443 g/mol. The molecule has 32 heavy (non-hydrogen) atoms. The Kier molecular flexibility index (Phi) is 7.23. The van der Waals surface area contributed by atoms with Crippen molar-refractivity contribution in [2.75, 3.05) is 58.4 Å². The lowest BCUT2D eigenvalue weighted by Crippen LogP contribution is -2.47. The predicted molar refractivity (Wildman–Crippen MR) is 124 cm³/mol. The van der Waals surface area contributed by atoms with Crippen molar-refractivity contribution in [3.63, 3.8) is 0 Å². The number of amides is 2. The fourth-order valence-electron chi connectivity index (χ4n) is 5.40. The van der Waals surface area contributed by atoms with Crippen molar-refractivity contribution in [1.29, 1.82) is 0 Å². The number of methoxy groups -OCH3 is 2. The highest BCUT2D eigenvalue weighted by Gasteiger charge is 2.38. The molecule has 3 fully saturated rings. The average molecular weight is 444 g/mol. The third kappa shape index (κ3) is 5.03. The predicted octanol–water partition coefficient (Wildman–Crippen LogP) is 3.03. The average Bonchev–Trinajstić information content (AvgIpc) is 3.21. The van der Waals surface area contributed by atoms with E-state index in [9.17, 15) is 9.59 Å². The van der Waals surface area contributed by atoms with Crippen LogP contribution < -0.4 is 14.4 Å². The Morgan fingerprint density at radius 2 is 1.78 bits per heavy atom. The number of anilines is 1. The summed E-state index contributed by atoms with van der Waals surface area (Å²) in [4.78, 5) is 32.4. The molecule has 1 aromatic rings. The van der Waals surface area contributed by atoms with E-state index in [4.69, 9.17) is 9.47 Å². The summed E-state index contributed by atoms with van der Waals surface area (Å²) in [6, 6.07) is 5.45. The second kappa shape index (κ2) is 10.1. The molecule has 0 bridgehead atoms. The highest BCUT2D eigenvalue weighted by Crippen LogP contribution is 2.35. The molecule has 0 aliphatic carbocycles. The number of carbonyl (C=O) groups is 2. The molecule has 0 N–H and O–H groups in total. The Morgan fingerprint density at radius 3 is 2.50 bits per heavy atom. The van der Waals surface area contributed by atoms with Gasteiger partial charge in [0.2, 0.25) is 11.8 Å². The number of benzene rings is 1. The number of piperidine rings is 2. The van der Waals surface area contributed by atoms with E-state index < -0.39 is 0 Å². The van der Waals surface area contributed by atoms with Gasteiger partial charge in [-0.15, -0.1) is 0 Å². The lowest BCUT2D eigenvalue weighted by atomic mass is 9.93. The highest BCUT2D eigenvalue weighted by atomic mass is 16.5. The molecule has 0 saturated carbocycles. The van der Waals surface area contributed by atoms with Crippen LogP contribution in [0.3, 0.4) is 0 Å². The fraction of sp³-hybridized carbons (Fsp3) is 0.680. The van der Waals surface area contributed by atoms with Crippen LogP contribution in [0, 0.1) is 17.8 Å². The number of carbonyl (C=O) groups excluding carboxylic acids is 2. The van der Waals surface area contributed by atoms with E-state index in [0.29, 0.717) is 24.0 Å². The molecule has 7 nitrogen and oxygen atoms in total. The van der Waals surface area contributed by atoms with E-state index in [1.165, 1.54) is 32.4 Å². The number of rotatable bonds is 6. The SMILES string of the molecule is COc1ccc(N2CC(C(=O)N3CCCC(CN4CCC(C)CC4)C3)CC2=O)cc1OC. The summed E-state index contributed by atoms with van der Waals surface area (Å²) in [7, 11) is 3.17. The molecule has 2 amide bonds. The maximum atomic E-state index is 13.3. The van der Waals surface area contributed by atoms with Crippen LogP contribution in [-0.4, -0.2) is 75.1 Å². The summed E-state index contributed by atoms with van der Waals surface area (Å²) >= 11 is 0. The van der Waals surface area contributed by atoms with Crippen molar-refractivity contribution in [1.82, 2.24) is 9.80 Å². The van der Waals surface area contributed by atoms with Gasteiger partial charge in [-0.3, -0.25) is 9.59 Å². The van der Waals surface area contributed by atoms with Gasteiger partial charge >= 0.3 is 0 Å². The molecule has 3 aliphatic rings. The Balaban J connectivity index is 1.36. The first kappa shape index (κ1) is 22.9. The summed E-state index contributed by atoms with van der Waals surface area (Å²) in [6.45, 7) is 7.87. The van der Waals surface area contributed by atoms with Crippen LogP contribution in [-0.2, 0) is 9.59 Å². The van der Waals surface area contributed by atoms with Crippen molar-refractivity contribution in [2.24, 2.45) is 17.8 Å². The van der Waals surface area contributed by atoms with Gasteiger partial charge in [-0.25, -0.2) is 0 Å². The van der Waals surface area contributed by atoms with Crippen LogP contribution in [0.1, 0.15) is 39.0 Å². The summed E-state index contributed by atoms with van der Waals surface area (Å²) in [5.41, 5.74) is 0.749. The molecule has 0 spiro atoms. The van der Waals surface area contributed by atoms with Crippen LogP contribution >= 0.6 is 0 Å². The third-order valence-corrected chi connectivity index (χ3v) is 7.38. The summed E-state index contributed by atoms with van der Waals surface area (Å²) < 4.78 is 10.7. The van der Waals surface area contributed by atoms with Gasteiger partial charge in [-0.05, 0) is 62.7 Å². The first-order valence-corrected chi connectivity index (χ1v) is 12.0. The minimum absolute atomic E-state index is 0.00781. The smallest absolute Gasteiger partial charge is 0.228 e. The zero-order valence-corrected chi connectivity index (χ0v) is 19.7. The summed E-state index contributed by atoms with van der Waals surface area (Å²) in [6.07, 6.45) is 5.09. The van der Waals surface area contributed by atoms with Gasteiger partial charge in [0, 0.05) is 44.4 Å². The normalized spacial score (nSPS) is 25.3. The maximum absolute atomic E-state index is 13.3. The van der Waals surface area contributed by atoms with Crippen molar-refractivity contribution < 1.29 is 19.1 Å². The highest BCUT2D eigenvalue weighted by molar-refractivity contribution is 6.00. The quantitative estimate of drug-likeness (QED) is 0.676. The van der Waals surface area contributed by atoms with Gasteiger partial charge in [-0.1, -0.05) is 6.92 Å². The molecule has 7 heteroatoms. The van der Waals surface area contributed by atoms with Gasteiger partial charge < -0.3 is 24.2 Å². The molecule has 1 aromatic carbocycles. The first-order chi connectivity index (χ1) is 15.5. The minimum Gasteiger partial charge on any atom is -0.493 e. The maximum Gasteiger partial charge on any atom is 0.228 e. The van der Waals surface area contributed by atoms with Gasteiger partial charge in [-0.2, -0.15) is 0 Å². The standard InChI is InChI=1S/C25H37N3O4/c1-18-8-11-26(12-9-18)15-19-5-4-10-27(16-19)25(30)20-13-24(29)28(17-20)21-6-7-22(31-2)23(14-21)32-3/h6-7,14,18-20H,4-5,8-13,15-17H2,1-3H3. The molecule has 0 radical (unpaired) electrons. The number of hydrogen-bond acceptors (Lipinski definition) is 5. The van der Waals surface area contributed by atoms with E-state index in [-0.39, 0.29) is 24.2 Å². The third-order valence-electron chi connectivity index (χ3n) is 7.38. The number of ether oxygens (including phenoxy) is 2. The number of hydrogen-bond donors (Lipinski definition) is 0. The number of nitrogens with zero attached hydrogens (tertiary/aromatic N) is 3. The number of likely N-dealkylation sites (tertiary alicyclic amines) is 2. The molecule has 3 saturated heterocycles. The van der Waals surface area contributed by atoms with Crippen LogP contribution in [0.15, 0.2) is 18.2 Å². The van der Waals surface area contributed by atoms with Gasteiger partial charge in [0.1, 0.15) is 0 Å². The zero-order chi connectivity index (χ0) is 22.7. The summed E-state index contributed by atoms with van der Waals surface area (Å²) in [5.74, 6) is 2.44. The fourth-order valence-corrected chi connectivity index (χ4v) is 5.40. The van der Waals surface area contributed by atoms with Gasteiger partial charge in [0.15, 0.2) is 11.5 Å². The van der Waals surface area contributed by atoms with E-state index in [1.807, 2.05) is 11.0 Å². The van der Waals surface area contributed by atoms with Crippen molar-refractivity contribution >= 4 is 17.5 Å². The first-order valence-electron chi connectivity index (χ1n) is 12.0. The second-order valence-corrected chi connectivity index (χ2v) is 9.72. The van der Waals surface area contributed by atoms with E-state index in [0.717, 1.165) is 37.7 Å². The molecule has 3 aliphatic heterocycles. The topological polar surface area (TPSA) is 62.3 Å². The molecule has 3 heterocycles. The van der Waals surface area contributed by atoms with Crippen LogP contribution in [0.2, 0.25) is 0 Å². The molecular formula is C25H37N3O4. The van der Waals surface area contributed by atoms with Crippen molar-refractivity contribution in [3.8, 4) is 11.5 Å². The Morgan fingerprint density at radius 1 is 1.03 bits per heavy atom. The molecule has 176 valence electrons. The van der Waals surface area contributed by atoms with Crippen molar-refractivity contribution in [2.45, 2.75) is 39.0 Å². The molecule has 2 atom stereocenters. The molecule has 2 unspecified atom stereocenters. The lowest BCUT2D eigenvalue weighted by Gasteiger charge is -2.38. The summed E-state index contributed by atoms with van der Waals surface area (Å²) in [5, 5.41) is 0. The van der Waals surface area contributed by atoms with Crippen molar-refractivity contribution in [3.05, 3.63) is 18.2 Å². The Labute approximate surface area is 191 Å². The van der Waals surface area contributed by atoms with E-state index in [1.54, 1.807) is 31.3 Å². The minimum atomic E-state index is -0.273. The lowest BCUT2D eigenvalue weighted by molar-refractivity contribution is -0.137. The largest absolute Gasteiger partial charge is 0.493 e. The van der Waals surface area contributed by atoms with Crippen LogP contribution in [0.5, 0.6) is 11.5 Å². The van der Waals surface area contributed by atoms with Gasteiger partial charge in [0.25, 0.3) is 0 Å². The molecule has 0 aromatic heterocycles. The van der Waals surface area contributed by atoms with E-state index in [2.05, 4.69) is 11.8 Å².